The fourth-order valence-corrected chi connectivity index (χ4v) is 10.7. The molecule has 7 unspecified atom stereocenters. The molecule has 0 spiro atoms. The second-order valence-electron chi connectivity index (χ2n) is 18.4. The molecule has 4 N–H and O–H groups in total. The standard InChI is InChI=1S/C49H61N7O7/c1-27(2)42(53-48(60)62-5)46(58)55-22-8-12-38(55)44-50-26-37(52-44)30-16-14-29(15-17-30)35-20-21-36(41-33-19-18-32(24-33)40(35)41)31-10-7-11-34(25-31)51-45(57)39-13-9-23-56(39)47(59)43(28(3)4)54-49(61)63-6/h7,10-11,14,16-17,20-21,25-29,32-33,38-39,42-43H,8-9,12-13,15,18-19,22-24H2,1-6H3,(H,50,52)(H,51,57)(H,53,60)(H,54,61). The summed E-state index contributed by atoms with van der Waals surface area (Å²) in [5.74, 6) is 1.08. The number of methoxy groups -OCH3 is 2. The van der Waals surface area contributed by atoms with Crippen molar-refractivity contribution in [1.29, 1.82) is 0 Å². The number of likely N-dealkylation sites (tertiary alicyclic amines) is 2. The first kappa shape index (κ1) is 43.7. The maximum absolute atomic E-state index is 13.8. The number of benzene rings is 2. The van der Waals surface area contributed by atoms with Crippen LogP contribution >= 0.6 is 0 Å². The van der Waals surface area contributed by atoms with E-state index in [1.807, 2.05) is 57.0 Å². The predicted octanol–water partition coefficient (Wildman–Crippen LogP) is 7.92. The Kier molecular flexibility index (Phi) is 12.8. The Morgan fingerprint density at radius 1 is 0.810 bits per heavy atom. The van der Waals surface area contributed by atoms with Gasteiger partial charge in [0.1, 0.15) is 23.9 Å². The van der Waals surface area contributed by atoms with Crippen LogP contribution in [0, 0.1) is 11.8 Å². The van der Waals surface area contributed by atoms with E-state index < -0.39 is 30.3 Å². The second kappa shape index (κ2) is 18.4. The van der Waals surface area contributed by atoms with Crippen LogP contribution in [0.4, 0.5) is 15.3 Å². The topological polar surface area (TPSA) is 175 Å². The van der Waals surface area contributed by atoms with E-state index in [1.165, 1.54) is 49.3 Å². The van der Waals surface area contributed by atoms with Crippen LogP contribution < -0.4 is 16.0 Å². The van der Waals surface area contributed by atoms with E-state index in [9.17, 15) is 24.0 Å². The number of fused-ring (bicyclic) bond motifs is 5. The molecular weight excluding hydrogens is 799 g/mol. The molecule has 2 bridgehead atoms. The molecule has 8 rings (SSSR count). The molecule has 1 aromatic heterocycles. The zero-order valence-electron chi connectivity index (χ0n) is 37.2. The number of hydrogen-bond donors (Lipinski definition) is 4. The zero-order chi connectivity index (χ0) is 44.5. The number of carbonyl (C=O) groups is 5. The smallest absolute Gasteiger partial charge is 0.407 e. The van der Waals surface area contributed by atoms with E-state index in [2.05, 4.69) is 57.4 Å². The van der Waals surface area contributed by atoms with Crippen molar-refractivity contribution in [3.05, 3.63) is 89.0 Å². The van der Waals surface area contributed by atoms with Crippen LogP contribution in [0.5, 0.6) is 0 Å². The molecule has 334 valence electrons. The quantitative estimate of drug-likeness (QED) is 0.142. The third-order valence-electron chi connectivity index (χ3n) is 13.9. The highest BCUT2D eigenvalue weighted by Crippen LogP contribution is 2.58. The van der Waals surface area contributed by atoms with Crippen molar-refractivity contribution in [1.82, 2.24) is 30.4 Å². The molecule has 3 fully saturated rings. The Hall–Kier alpha value is -5.92. The summed E-state index contributed by atoms with van der Waals surface area (Å²) >= 11 is 0. The van der Waals surface area contributed by atoms with E-state index in [-0.39, 0.29) is 41.5 Å². The lowest BCUT2D eigenvalue weighted by Crippen LogP contribution is -2.54. The van der Waals surface area contributed by atoms with Gasteiger partial charge in [-0.05, 0) is 121 Å². The highest BCUT2D eigenvalue weighted by atomic mass is 16.5. The summed E-state index contributed by atoms with van der Waals surface area (Å²) in [6, 6.07) is 10.3. The minimum atomic E-state index is -0.794. The molecule has 2 saturated heterocycles. The van der Waals surface area contributed by atoms with Crippen molar-refractivity contribution >= 4 is 41.2 Å². The first-order valence-corrected chi connectivity index (χ1v) is 22.7. The highest BCUT2D eigenvalue weighted by Gasteiger charge is 2.42. The van der Waals surface area contributed by atoms with Crippen LogP contribution in [-0.2, 0) is 23.9 Å². The lowest BCUT2D eigenvalue weighted by atomic mass is 9.78. The minimum Gasteiger partial charge on any atom is -0.453 e. The fourth-order valence-electron chi connectivity index (χ4n) is 10.7. The Morgan fingerprint density at radius 2 is 1.48 bits per heavy atom. The van der Waals surface area contributed by atoms with Gasteiger partial charge in [-0.3, -0.25) is 14.4 Å². The van der Waals surface area contributed by atoms with Gasteiger partial charge in [-0.1, -0.05) is 70.2 Å². The number of allylic oxidation sites excluding steroid dienone is 4. The highest BCUT2D eigenvalue weighted by molar-refractivity contribution is 5.99. The summed E-state index contributed by atoms with van der Waals surface area (Å²) in [7, 11) is 2.56. The number of imidazole rings is 1. The first-order chi connectivity index (χ1) is 30.4. The molecule has 14 nitrogen and oxygen atoms in total. The van der Waals surface area contributed by atoms with Gasteiger partial charge in [-0.25, -0.2) is 14.6 Å². The predicted molar refractivity (Wildman–Crippen MR) is 240 cm³/mol. The van der Waals surface area contributed by atoms with Gasteiger partial charge in [-0.15, -0.1) is 0 Å². The molecule has 63 heavy (non-hydrogen) atoms. The fraction of sp³-hybridized carbons (Fsp3) is 0.510. The number of aromatic nitrogens is 2. The Balaban J connectivity index is 0.963. The maximum Gasteiger partial charge on any atom is 0.407 e. The van der Waals surface area contributed by atoms with Crippen LogP contribution in [0.3, 0.4) is 0 Å². The summed E-state index contributed by atoms with van der Waals surface area (Å²) in [6.45, 7) is 8.59. The number of aromatic amines is 1. The van der Waals surface area contributed by atoms with Gasteiger partial charge in [0.05, 0.1) is 32.2 Å². The number of nitrogens with zero attached hydrogens (tertiary/aromatic N) is 3. The summed E-state index contributed by atoms with van der Waals surface area (Å²) in [4.78, 5) is 76.9. The number of rotatable bonds is 12. The Labute approximate surface area is 369 Å². The second-order valence-corrected chi connectivity index (χ2v) is 18.4. The minimum absolute atomic E-state index is 0.105. The summed E-state index contributed by atoms with van der Waals surface area (Å²) < 4.78 is 9.55. The van der Waals surface area contributed by atoms with Crippen molar-refractivity contribution in [3.8, 4) is 11.1 Å². The zero-order valence-corrected chi connectivity index (χ0v) is 37.2. The van der Waals surface area contributed by atoms with E-state index in [1.54, 1.807) is 4.90 Å². The number of ether oxygens (including phenoxy) is 2. The SMILES string of the molecule is COC(=O)NC(C(=O)N1CCCC1C(=O)Nc1cccc(-c2ccc(C3C=CC(c4cnc(C5CCCN5C(=O)C(NC(=O)OC)C(C)C)[nH]4)=CC3)c3c2C2CCC3C2)c1)C(C)C. The average molecular weight is 860 g/mol. The van der Waals surface area contributed by atoms with Crippen molar-refractivity contribution < 1.29 is 33.4 Å². The molecule has 14 heteroatoms. The van der Waals surface area contributed by atoms with Gasteiger partial charge in [0.2, 0.25) is 17.7 Å². The molecular formula is C49H61N7O7. The van der Waals surface area contributed by atoms with Crippen LogP contribution in [0.15, 0.2) is 60.8 Å². The summed E-state index contributed by atoms with van der Waals surface area (Å²) in [6.07, 6.45) is 14.6. The monoisotopic (exact) mass is 859 g/mol. The van der Waals surface area contributed by atoms with Gasteiger partial charge < -0.3 is 40.2 Å². The number of anilines is 1. The van der Waals surface area contributed by atoms with Gasteiger partial charge in [0, 0.05) is 24.7 Å². The molecule has 1 saturated carbocycles. The molecule has 2 aromatic carbocycles. The van der Waals surface area contributed by atoms with E-state index in [0.29, 0.717) is 43.5 Å². The molecule has 0 radical (unpaired) electrons. The van der Waals surface area contributed by atoms with E-state index in [4.69, 9.17) is 14.5 Å². The molecule has 3 aliphatic carbocycles. The van der Waals surface area contributed by atoms with Crippen molar-refractivity contribution in [3.63, 3.8) is 0 Å². The van der Waals surface area contributed by atoms with Crippen molar-refractivity contribution in [2.75, 3.05) is 32.6 Å². The number of nitrogens with one attached hydrogen (secondary N) is 4. The summed E-state index contributed by atoms with van der Waals surface area (Å²) in [5, 5.41) is 8.49. The van der Waals surface area contributed by atoms with Gasteiger partial charge in [-0.2, -0.15) is 0 Å². The number of alkyl carbamates (subject to hydrolysis) is 2. The lowest BCUT2D eigenvalue weighted by molar-refractivity contribution is -0.139. The molecule has 3 aromatic rings. The Morgan fingerprint density at radius 3 is 2.14 bits per heavy atom. The molecule has 5 amide bonds. The number of hydrogen-bond acceptors (Lipinski definition) is 8. The number of carbonyl (C=O) groups excluding carboxylic acids is 5. The maximum atomic E-state index is 13.8. The third-order valence-corrected chi connectivity index (χ3v) is 13.9. The van der Waals surface area contributed by atoms with Crippen molar-refractivity contribution in [2.24, 2.45) is 11.8 Å². The van der Waals surface area contributed by atoms with Gasteiger partial charge >= 0.3 is 12.2 Å². The van der Waals surface area contributed by atoms with Crippen molar-refractivity contribution in [2.45, 2.75) is 121 Å². The largest absolute Gasteiger partial charge is 0.453 e. The van der Waals surface area contributed by atoms with Crippen LogP contribution in [0.1, 0.15) is 131 Å². The third kappa shape index (κ3) is 8.73. The van der Waals surface area contributed by atoms with E-state index in [0.717, 1.165) is 48.3 Å². The van der Waals surface area contributed by atoms with Gasteiger partial charge in [0.15, 0.2) is 0 Å². The van der Waals surface area contributed by atoms with Crippen LogP contribution in [0.2, 0.25) is 0 Å². The molecule has 7 atom stereocenters. The molecule has 2 aliphatic heterocycles. The summed E-state index contributed by atoms with van der Waals surface area (Å²) in [5.41, 5.74) is 9.26. The normalized spacial score (nSPS) is 23.4. The van der Waals surface area contributed by atoms with Crippen LogP contribution in [0.25, 0.3) is 16.7 Å². The van der Waals surface area contributed by atoms with Crippen LogP contribution in [-0.4, -0.2) is 95.1 Å². The molecule has 5 aliphatic rings. The van der Waals surface area contributed by atoms with Gasteiger partial charge in [0.25, 0.3) is 0 Å². The average Bonchev–Trinajstić information content (AvgIpc) is 4.15. The number of amides is 5. The number of H-pyrrole nitrogens is 1. The molecule has 3 heterocycles. The Bertz CT molecular complexity index is 2310. The lowest BCUT2D eigenvalue weighted by Gasteiger charge is -2.30. The first-order valence-electron chi connectivity index (χ1n) is 22.7. The van der Waals surface area contributed by atoms with E-state index >= 15 is 0 Å².